The summed E-state index contributed by atoms with van der Waals surface area (Å²) < 4.78 is 25.7. The maximum atomic E-state index is 13.0. The summed E-state index contributed by atoms with van der Waals surface area (Å²) in [5.74, 6) is -2.13. The van der Waals surface area contributed by atoms with Crippen molar-refractivity contribution in [2.45, 2.75) is 11.5 Å². The van der Waals surface area contributed by atoms with Crippen LogP contribution in [-0.2, 0) is 16.2 Å². The predicted octanol–water partition coefficient (Wildman–Crippen LogP) is 3.30. The minimum Gasteiger partial charge on any atom is -0.272 e. The molecule has 1 N–H and O–H groups in total. The SMILES string of the molecule is O=C(CSc1ccc(F)c(F)c1)NOCc1ccccc1. The van der Waals surface area contributed by atoms with Gasteiger partial charge in [-0.3, -0.25) is 9.63 Å². The Morgan fingerprint density at radius 3 is 2.57 bits per heavy atom. The second-order valence-corrected chi connectivity index (χ2v) is 5.21. The van der Waals surface area contributed by atoms with E-state index >= 15 is 0 Å². The van der Waals surface area contributed by atoms with Crippen LogP contribution < -0.4 is 5.48 Å². The first-order valence-electron chi connectivity index (χ1n) is 6.17. The largest absolute Gasteiger partial charge is 0.272 e. The van der Waals surface area contributed by atoms with Gasteiger partial charge in [-0.25, -0.2) is 14.3 Å². The molecule has 0 radical (unpaired) electrons. The fraction of sp³-hybridized carbons (Fsp3) is 0.133. The molecule has 1 amide bonds. The van der Waals surface area contributed by atoms with Crippen LogP contribution in [0.4, 0.5) is 8.78 Å². The van der Waals surface area contributed by atoms with Gasteiger partial charge in [-0.15, -0.1) is 11.8 Å². The Kier molecular flexibility index (Phi) is 5.71. The van der Waals surface area contributed by atoms with Gasteiger partial charge in [0.2, 0.25) is 0 Å². The summed E-state index contributed by atoms with van der Waals surface area (Å²) in [5, 5.41) is 0. The lowest BCUT2D eigenvalue weighted by molar-refractivity contribution is -0.131. The van der Waals surface area contributed by atoms with Gasteiger partial charge in [-0.1, -0.05) is 30.3 Å². The van der Waals surface area contributed by atoms with E-state index in [0.717, 1.165) is 29.5 Å². The Labute approximate surface area is 125 Å². The van der Waals surface area contributed by atoms with Gasteiger partial charge >= 0.3 is 0 Å². The van der Waals surface area contributed by atoms with Crippen molar-refractivity contribution < 1.29 is 18.4 Å². The third-order valence-electron chi connectivity index (χ3n) is 2.53. The van der Waals surface area contributed by atoms with Crippen molar-refractivity contribution in [1.29, 1.82) is 0 Å². The van der Waals surface area contributed by atoms with E-state index in [-0.39, 0.29) is 18.3 Å². The van der Waals surface area contributed by atoms with Gasteiger partial charge in [0.15, 0.2) is 11.6 Å². The molecule has 0 aliphatic carbocycles. The van der Waals surface area contributed by atoms with Crippen molar-refractivity contribution in [1.82, 2.24) is 5.48 Å². The molecule has 0 aliphatic rings. The summed E-state index contributed by atoms with van der Waals surface area (Å²) in [6.07, 6.45) is 0. The number of hydrogen-bond acceptors (Lipinski definition) is 3. The number of thioether (sulfide) groups is 1. The van der Waals surface area contributed by atoms with Crippen molar-refractivity contribution in [3.8, 4) is 0 Å². The number of rotatable bonds is 6. The van der Waals surface area contributed by atoms with Crippen LogP contribution in [0.5, 0.6) is 0 Å². The first kappa shape index (κ1) is 15.5. The Morgan fingerprint density at radius 1 is 1.10 bits per heavy atom. The van der Waals surface area contributed by atoms with Crippen molar-refractivity contribution in [3.05, 3.63) is 65.7 Å². The molecule has 6 heteroatoms. The Balaban J connectivity index is 1.71. The molecule has 0 aromatic heterocycles. The lowest BCUT2D eigenvalue weighted by Crippen LogP contribution is -2.25. The molecular formula is C15H13F2NO2S. The second kappa shape index (κ2) is 7.75. The molecule has 0 heterocycles. The van der Waals surface area contributed by atoms with Crippen LogP contribution in [0.2, 0.25) is 0 Å². The van der Waals surface area contributed by atoms with E-state index in [1.807, 2.05) is 30.3 Å². The van der Waals surface area contributed by atoms with Crippen LogP contribution >= 0.6 is 11.8 Å². The summed E-state index contributed by atoms with van der Waals surface area (Å²) in [6.45, 7) is 0.266. The Hall–Kier alpha value is -1.92. The summed E-state index contributed by atoms with van der Waals surface area (Å²) in [6, 6.07) is 12.9. The molecule has 21 heavy (non-hydrogen) atoms. The molecule has 0 unspecified atom stereocenters. The molecule has 0 aliphatic heterocycles. The quantitative estimate of drug-likeness (QED) is 0.657. The highest BCUT2D eigenvalue weighted by molar-refractivity contribution is 8.00. The van der Waals surface area contributed by atoms with Crippen LogP contribution in [0.3, 0.4) is 0 Å². The Morgan fingerprint density at radius 2 is 1.86 bits per heavy atom. The maximum absolute atomic E-state index is 13.0. The van der Waals surface area contributed by atoms with Gasteiger partial charge in [-0.05, 0) is 23.8 Å². The van der Waals surface area contributed by atoms with E-state index in [9.17, 15) is 13.6 Å². The number of halogens is 2. The van der Waals surface area contributed by atoms with Crippen LogP contribution in [0.15, 0.2) is 53.4 Å². The monoisotopic (exact) mass is 309 g/mol. The van der Waals surface area contributed by atoms with Gasteiger partial charge in [0.1, 0.15) is 0 Å². The molecule has 0 bridgehead atoms. The zero-order valence-corrected chi connectivity index (χ0v) is 11.8. The first-order chi connectivity index (χ1) is 10.1. The predicted molar refractivity (Wildman–Crippen MR) is 76.5 cm³/mol. The minimum absolute atomic E-state index is 0.0554. The van der Waals surface area contributed by atoms with E-state index in [0.29, 0.717) is 4.90 Å². The third-order valence-corrected chi connectivity index (χ3v) is 3.52. The summed E-state index contributed by atoms with van der Waals surface area (Å²) in [7, 11) is 0. The molecule has 0 saturated heterocycles. The van der Waals surface area contributed by atoms with Gasteiger partial charge in [0, 0.05) is 4.90 Å². The third kappa shape index (κ3) is 5.17. The second-order valence-electron chi connectivity index (χ2n) is 4.16. The average molecular weight is 309 g/mol. The maximum Gasteiger partial charge on any atom is 0.253 e. The number of amides is 1. The molecule has 2 aromatic rings. The molecule has 2 rings (SSSR count). The van der Waals surface area contributed by atoms with Crippen LogP contribution in [-0.4, -0.2) is 11.7 Å². The van der Waals surface area contributed by atoms with Gasteiger partial charge in [-0.2, -0.15) is 0 Å². The number of carbonyl (C=O) groups excluding carboxylic acids is 1. The summed E-state index contributed by atoms with van der Waals surface area (Å²) in [4.78, 5) is 17.1. The minimum atomic E-state index is -0.930. The lowest BCUT2D eigenvalue weighted by Gasteiger charge is -2.06. The van der Waals surface area contributed by atoms with Gasteiger partial charge in [0.05, 0.1) is 12.4 Å². The smallest absolute Gasteiger partial charge is 0.253 e. The van der Waals surface area contributed by atoms with Crippen molar-refractivity contribution >= 4 is 17.7 Å². The molecular weight excluding hydrogens is 296 g/mol. The highest BCUT2D eigenvalue weighted by atomic mass is 32.2. The molecule has 0 saturated carbocycles. The highest BCUT2D eigenvalue weighted by Crippen LogP contribution is 2.20. The zero-order valence-electron chi connectivity index (χ0n) is 11.0. The van der Waals surface area contributed by atoms with E-state index in [4.69, 9.17) is 4.84 Å². The number of hydroxylamine groups is 1. The van der Waals surface area contributed by atoms with Crippen LogP contribution in [0.25, 0.3) is 0 Å². The molecule has 110 valence electrons. The number of hydrogen-bond donors (Lipinski definition) is 1. The van der Waals surface area contributed by atoms with Crippen molar-refractivity contribution in [3.63, 3.8) is 0 Å². The van der Waals surface area contributed by atoms with Crippen molar-refractivity contribution in [2.75, 3.05) is 5.75 Å². The Bertz CT molecular complexity index is 608. The van der Waals surface area contributed by atoms with Gasteiger partial charge in [0.25, 0.3) is 5.91 Å². The van der Waals surface area contributed by atoms with E-state index in [1.54, 1.807) is 0 Å². The number of benzene rings is 2. The lowest BCUT2D eigenvalue weighted by atomic mass is 10.2. The van der Waals surface area contributed by atoms with E-state index in [2.05, 4.69) is 5.48 Å². The zero-order chi connectivity index (χ0) is 15.1. The number of nitrogens with one attached hydrogen (secondary N) is 1. The summed E-state index contributed by atoms with van der Waals surface area (Å²) in [5.41, 5.74) is 3.24. The van der Waals surface area contributed by atoms with Crippen LogP contribution in [0, 0.1) is 11.6 Å². The topological polar surface area (TPSA) is 38.3 Å². The summed E-state index contributed by atoms with van der Waals surface area (Å²) >= 11 is 1.10. The molecule has 0 fully saturated rings. The molecule has 3 nitrogen and oxygen atoms in total. The van der Waals surface area contributed by atoms with E-state index in [1.165, 1.54) is 6.07 Å². The highest BCUT2D eigenvalue weighted by Gasteiger charge is 2.06. The van der Waals surface area contributed by atoms with Gasteiger partial charge < -0.3 is 0 Å². The molecule has 0 atom stereocenters. The normalized spacial score (nSPS) is 10.4. The standard InChI is InChI=1S/C15H13F2NO2S/c16-13-7-6-12(8-14(13)17)21-10-15(19)18-20-9-11-4-2-1-3-5-11/h1-8H,9-10H2,(H,18,19). The van der Waals surface area contributed by atoms with Crippen molar-refractivity contribution in [2.24, 2.45) is 0 Å². The first-order valence-corrected chi connectivity index (χ1v) is 7.16. The number of carbonyl (C=O) groups is 1. The average Bonchev–Trinajstić information content (AvgIpc) is 2.49. The fourth-order valence-electron chi connectivity index (χ4n) is 1.52. The molecule has 2 aromatic carbocycles. The van der Waals surface area contributed by atoms with E-state index < -0.39 is 11.6 Å². The fourth-order valence-corrected chi connectivity index (χ4v) is 2.23. The molecule has 0 spiro atoms. The van der Waals surface area contributed by atoms with Crippen LogP contribution in [0.1, 0.15) is 5.56 Å².